The number of rotatable bonds is 2. The van der Waals surface area contributed by atoms with E-state index >= 15 is 0 Å². The number of imidazole rings is 1. The van der Waals surface area contributed by atoms with Crippen LogP contribution in [0.15, 0.2) is 24.3 Å². The van der Waals surface area contributed by atoms with E-state index in [1.165, 1.54) is 30.6 Å². The molecule has 1 heterocycles. The fourth-order valence-electron chi connectivity index (χ4n) is 2.50. The van der Waals surface area contributed by atoms with Gasteiger partial charge in [0.2, 0.25) is 0 Å². The molecule has 1 aliphatic rings. The Morgan fingerprint density at radius 1 is 1.25 bits per heavy atom. The van der Waals surface area contributed by atoms with E-state index in [-0.39, 0.29) is 0 Å². The topological polar surface area (TPSA) is 17.8 Å². The first-order valence-electron chi connectivity index (χ1n) is 6.24. The molecule has 0 amide bonds. The summed E-state index contributed by atoms with van der Waals surface area (Å²) in [5.74, 6) is 1.76. The van der Waals surface area contributed by atoms with Gasteiger partial charge in [-0.05, 0) is 31.4 Å². The van der Waals surface area contributed by atoms with Crippen molar-refractivity contribution in [3.63, 3.8) is 0 Å². The molecule has 1 saturated carbocycles. The molecule has 0 saturated heterocycles. The molecule has 84 valence electrons. The van der Waals surface area contributed by atoms with Crippen molar-refractivity contribution in [3.8, 4) is 0 Å². The Morgan fingerprint density at radius 3 is 2.62 bits per heavy atom. The van der Waals surface area contributed by atoms with E-state index in [1.54, 1.807) is 0 Å². The average molecular weight is 214 g/mol. The second-order valence-corrected chi connectivity index (χ2v) is 5.07. The Balaban J connectivity index is 2.23. The number of hydrogen-bond acceptors (Lipinski definition) is 1. The molecule has 2 aromatic rings. The lowest BCUT2D eigenvalue weighted by atomic mass is 9.92. The molecule has 0 spiro atoms. The van der Waals surface area contributed by atoms with Crippen molar-refractivity contribution in [1.29, 1.82) is 0 Å². The summed E-state index contributed by atoms with van der Waals surface area (Å²) in [7, 11) is 0. The number of hydrogen-bond donors (Lipinski definition) is 0. The summed E-state index contributed by atoms with van der Waals surface area (Å²) < 4.78 is 2.48. The van der Waals surface area contributed by atoms with Gasteiger partial charge in [0.25, 0.3) is 0 Å². The van der Waals surface area contributed by atoms with Crippen molar-refractivity contribution in [1.82, 2.24) is 9.55 Å². The van der Waals surface area contributed by atoms with Gasteiger partial charge in [0.1, 0.15) is 5.82 Å². The SMILES string of the molecule is CC(C)c1nc2ccccc2n1C1CCC1. The van der Waals surface area contributed by atoms with Crippen LogP contribution in [-0.2, 0) is 0 Å². The third-order valence-electron chi connectivity index (χ3n) is 3.58. The van der Waals surface area contributed by atoms with Crippen LogP contribution in [0.5, 0.6) is 0 Å². The molecule has 1 fully saturated rings. The van der Waals surface area contributed by atoms with E-state index in [0.29, 0.717) is 12.0 Å². The molecule has 2 heteroatoms. The van der Waals surface area contributed by atoms with Gasteiger partial charge >= 0.3 is 0 Å². The first-order chi connectivity index (χ1) is 7.77. The highest BCUT2D eigenvalue weighted by Gasteiger charge is 2.25. The van der Waals surface area contributed by atoms with Crippen molar-refractivity contribution in [2.45, 2.75) is 45.1 Å². The molecule has 16 heavy (non-hydrogen) atoms. The maximum absolute atomic E-state index is 4.78. The fraction of sp³-hybridized carbons (Fsp3) is 0.500. The summed E-state index contributed by atoms with van der Waals surface area (Å²) in [5.41, 5.74) is 2.47. The lowest BCUT2D eigenvalue weighted by Gasteiger charge is -2.30. The Kier molecular flexibility index (Phi) is 2.23. The molecule has 3 rings (SSSR count). The van der Waals surface area contributed by atoms with Gasteiger partial charge in [-0.1, -0.05) is 26.0 Å². The maximum Gasteiger partial charge on any atom is 0.112 e. The van der Waals surface area contributed by atoms with Crippen LogP contribution in [0, 0.1) is 0 Å². The van der Waals surface area contributed by atoms with Crippen molar-refractivity contribution in [3.05, 3.63) is 30.1 Å². The lowest BCUT2D eigenvalue weighted by molar-refractivity contribution is 0.310. The molecule has 0 aliphatic heterocycles. The molecule has 0 bridgehead atoms. The monoisotopic (exact) mass is 214 g/mol. The van der Waals surface area contributed by atoms with Crippen molar-refractivity contribution < 1.29 is 0 Å². The van der Waals surface area contributed by atoms with Gasteiger partial charge in [0, 0.05) is 12.0 Å². The predicted octanol–water partition coefficient (Wildman–Crippen LogP) is 3.88. The lowest BCUT2D eigenvalue weighted by Crippen LogP contribution is -2.19. The zero-order valence-corrected chi connectivity index (χ0v) is 9.98. The largest absolute Gasteiger partial charge is 0.325 e. The van der Waals surface area contributed by atoms with E-state index in [4.69, 9.17) is 4.98 Å². The summed E-state index contributed by atoms with van der Waals surface area (Å²) >= 11 is 0. The third-order valence-corrected chi connectivity index (χ3v) is 3.58. The third kappa shape index (κ3) is 1.36. The number of benzene rings is 1. The van der Waals surface area contributed by atoms with E-state index < -0.39 is 0 Å². The summed E-state index contributed by atoms with van der Waals surface area (Å²) in [4.78, 5) is 4.78. The second kappa shape index (κ2) is 3.62. The van der Waals surface area contributed by atoms with Crippen LogP contribution in [0.1, 0.15) is 50.9 Å². The van der Waals surface area contributed by atoms with Crippen LogP contribution in [0.25, 0.3) is 11.0 Å². The van der Waals surface area contributed by atoms with Crippen molar-refractivity contribution in [2.24, 2.45) is 0 Å². The van der Waals surface area contributed by atoms with Gasteiger partial charge in [0.05, 0.1) is 11.0 Å². The minimum absolute atomic E-state index is 0.507. The summed E-state index contributed by atoms with van der Waals surface area (Å²) in [6.45, 7) is 4.47. The molecular weight excluding hydrogens is 196 g/mol. The summed E-state index contributed by atoms with van der Waals surface area (Å²) in [6, 6.07) is 9.21. The number of fused-ring (bicyclic) bond motifs is 1. The Hall–Kier alpha value is -1.31. The first-order valence-corrected chi connectivity index (χ1v) is 6.24. The molecule has 2 nitrogen and oxygen atoms in total. The average Bonchev–Trinajstić information content (AvgIpc) is 2.56. The molecule has 0 atom stereocenters. The summed E-state index contributed by atoms with van der Waals surface area (Å²) in [5, 5.41) is 0. The quantitative estimate of drug-likeness (QED) is 0.741. The van der Waals surface area contributed by atoms with Crippen LogP contribution >= 0.6 is 0 Å². The highest BCUT2D eigenvalue weighted by Crippen LogP contribution is 2.37. The van der Waals surface area contributed by atoms with E-state index in [0.717, 1.165) is 5.52 Å². The van der Waals surface area contributed by atoms with Gasteiger partial charge in [0.15, 0.2) is 0 Å². The summed E-state index contributed by atoms with van der Waals surface area (Å²) in [6.07, 6.45) is 4.01. The van der Waals surface area contributed by atoms with Gasteiger partial charge in [-0.25, -0.2) is 4.98 Å². The van der Waals surface area contributed by atoms with Gasteiger partial charge in [-0.2, -0.15) is 0 Å². The molecule has 1 aromatic heterocycles. The van der Waals surface area contributed by atoms with Gasteiger partial charge in [-0.3, -0.25) is 0 Å². The molecule has 0 radical (unpaired) electrons. The zero-order valence-electron chi connectivity index (χ0n) is 9.98. The molecule has 1 aromatic carbocycles. The first kappa shape index (κ1) is 9.88. The van der Waals surface area contributed by atoms with Crippen LogP contribution in [0.2, 0.25) is 0 Å². The number of nitrogens with zero attached hydrogens (tertiary/aromatic N) is 2. The minimum Gasteiger partial charge on any atom is -0.325 e. The van der Waals surface area contributed by atoms with E-state index in [1.807, 2.05) is 0 Å². The van der Waals surface area contributed by atoms with Crippen LogP contribution in [0.4, 0.5) is 0 Å². The van der Waals surface area contributed by atoms with Crippen LogP contribution in [0.3, 0.4) is 0 Å². The molecule has 0 unspecified atom stereocenters. The fourth-order valence-corrected chi connectivity index (χ4v) is 2.50. The highest BCUT2D eigenvalue weighted by atomic mass is 15.1. The minimum atomic E-state index is 0.507. The van der Waals surface area contributed by atoms with Gasteiger partial charge < -0.3 is 4.57 Å². The highest BCUT2D eigenvalue weighted by molar-refractivity contribution is 5.76. The zero-order chi connectivity index (χ0) is 11.1. The van der Waals surface area contributed by atoms with Crippen LogP contribution < -0.4 is 0 Å². The van der Waals surface area contributed by atoms with Crippen LogP contribution in [-0.4, -0.2) is 9.55 Å². The van der Waals surface area contributed by atoms with E-state index in [2.05, 4.69) is 42.7 Å². The smallest absolute Gasteiger partial charge is 0.112 e. The molecular formula is C14H18N2. The Labute approximate surface area is 96.3 Å². The number of para-hydroxylation sites is 2. The number of aromatic nitrogens is 2. The van der Waals surface area contributed by atoms with Crippen molar-refractivity contribution in [2.75, 3.05) is 0 Å². The molecule has 0 N–H and O–H groups in total. The second-order valence-electron chi connectivity index (χ2n) is 5.07. The van der Waals surface area contributed by atoms with Crippen molar-refractivity contribution >= 4 is 11.0 Å². The maximum atomic E-state index is 4.78. The Morgan fingerprint density at radius 2 is 2.00 bits per heavy atom. The Bertz CT molecular complexity index is 506. The molecule has 1 aliphatic carbocycles. The normalized spacial score (nSPS) is 16.9. The predicted molar refractivity (Wildman–Crippen MR) is 66.7 cm³/mol. The standard InChI is InChI=1S/C14H18N2/c1-10(2)14-15-12-8-3-4-9-13(12)16(14)11-6-5-7-11/h3-4,8-11H,5-7H2,1-2H3. The van der Waals surface area contributed by atoms with Gasteiger partial charge in [-0.15, -0.1) is 0 Å². The van der Waals surface area contributed by atoms with E-state index in [9.17, 15) is 0 Å².